The lowest BCUT2D eigenvalue weighted by Gasteiger charge is -2.05. The molecule has 1 heterocycles. The van der Waals surface area contributed by atoms with E-state index in [1.54, 1.807) is 0 Å². The predicted octanol–water partition coefficient (Wildman–Crippen LogP) is 2.22. The lowest BCUT2D eigenvalue weighted by molar-refractivity contribution is 0.603. The minimum atomic E-state index is -2.91. The van der Waals surface area contributed by atoms with E-state index in [9.17, 15) is 8.42 Å². The Kier molecular flexibility index (Phi) is 4.31. The van der Waals surface area contributed by atoms with Gasteiger partial charge in [0.15, 0.2) is 5.16 Å². The average Bonchev–Trinajstić information content (AvgIpc) is 2.71. The van der Waals surface area contributed by atoms with Crippen molar-refractivity contribution in [1.29, 1.82) is 0 Å². The Morgan fingerprint density at radius 2 is 1.95 bits per heavy atom. The lowest BCUT2D eigenvalue weighted by atomic mass is 10.2. The van der Waals surface area contributed by atoms with Gasteiger partial charge in [-0.2, -0.15) is 0 Å². The third-order valence-corrected chi connectivity index (χ3v) is 4.95. The third-order valence-electron chi connectivity index (χ3n) is 2.70. The summed E-state index contributed by atoms with van der Waals surface area (Å²) < 4.78 is 24.2. The molecule has 0 bridgehead atoms. The van der Waals surface area contributed by atoms with Crippen LogP contribution in [0.4, 0.5) is 0 Å². The van der Waals surface area contributed by atoms with E-state index >= 15 is 0 Å². The fourth-order valence-electron chi connectivity index (χ4n) is 1.69. The van der Waals surface area contributed by atoms with Crippen molar-refractivity contribution < 1.29 is 8.42 Å². The zero-order chi connectivity index (χ0) is 13.9. The summed E-state index contributed by atoms with van der Waals surface area (Å²) in [5.41, 5.74) is 2.13. The summed E-state index contributed by atoms with van der Waals surface area (Å²) in [6.45, 7) is 0. The van der Waals surface area contributed by atoms with Crippen LogP contribution in [0.5, 0.6) is 0 Å². The standard InChI is InChI=1S/C13H16N2O2S2/c1-15-12(11-6-4-3-5-7-11)10-14-13(15)18-8-9-19(2,16)17/h3-7,10H,8-9H2,1-2H3. The Morgan fingerprint density at radius 1 is 1.26 bits per heavy atom. The molecule has 0 saturated carbocycles. The highest BCUT2D eigenvalue weighted by molar-refractivity contribution is 8.00. The molecule has 1 aromatic carbocycles. The van der Waals surface area contributed by atoms with Gasteiger partial charge in [0.25, 0.3) is 0 Å². The molecule has 0 atom stereocenters. The second-order valence-electron chi connectivity index (χ2n) is 4.33. The highest BCUT2D eigenvalue weighted by atomic mass is 32.2. The molecule has 0 N–H and O–H groups in total. The molecule has 6 heteroatoms. The van der Waals surface area contributed by atoms with Crippen LogP contribution in [0.2, 0.25) is 0 Å². The third kappa shape index (κ3) is 3.84. The first-order valence-electron chi connectivity index (χ1n) is 5.85. The highest BCUT2D eigenvalue weighted by Gasteiger charge is 2.10. The van der Waals surface area contributed by atoms with Crippen molar-refractivity contribution in [3.8, 4) is 11.3 Å². The Labute approximate surface area is 117 Å². The van der Waals surface area contributed by atoms with Crippen LogP contribution in [0.25, 0.3) is 11.3 Å². The van der Waals surface area contributed by atoms with E-state index in [-0.39, 0.29) is 5.75 Å². The molecule has 0 fully saturated rings. The number of aromatic nitrogens is 2. The van der Waals surface area contributed by atoms with Crippen molar-refractivity contribution in [2.75, 3.05) is 17.8 Å². The number of hydrogen-bond acceptors (Lipinski definition) is 4. The van der Waals surface area contributed by atoms with Crippen LogP contribution in [-0.2, 0) is 16.9 Å². The van der Waals surface area contributed by atoms with Crippen molar-refractivity contribution >= 4 is 21.6 Å². The first-order chi connectivity index (χ1) is 8.97. The molecule has 102 valence electrons. The van der Waals surface area contributed by atoms with Gasteiger partial charge in [0.2, 0.25) is 0 Å². The Balaban J connectivity index is 2.11. The van der Waals surface area contributed by atoms with E-state index in [1.165, 1.54) is 18.0 Å². The SMILES string of the molecule is Cn1c(-c2ccccc2)cnc1SCCS(C)(=O)=O. The molecule has 0 unspecified atom stereocenters. The van der Waals surface area contributed by atoms with Gasteiger partial charge >= 0.3 is 0 Å². The van der Waals surface area contributed by atoms with Crippen LogP contribution < -0.4 is 0 Å². The van der Waals surface area contributed by atoms with Crippen LogP contribution in [0.15, 0.2) is 41.7 Å². The fraction of sp³-hybridized carbons (Fsp3) is 0.308. The van der Waals surface area contributed by atoms with Gasteiger partial charge in [-0.1, -0.05) is 42.1 Å². The number of hydrogen-bond donors (Lipinski definition) is 0. The molecule has 1 aromatic heterocycles. The quantitative estimate of drug-likeness (QED) is 0.794. The number of sulfone groups is 1. The van der Waals surface area contributed by atoms with Crippen LogP contribution >= 0.6 is 11.8 Å². The summed E-state index contributed by atoms with van der Waals surface area (Å²) in [4.78, 5) is 4.34. The van der Waals surface area contributed by atoms with Gasteiger partial charge in [-0.25, -0.2) is 13.4 Å². The van der Waals surface area contributed by atoms with Crippen molar-refractivity contribution in [2.24, 2.45) is 7.05 Å². The molecule has 4 nitrogen and oxygen atoms in total. The molecule has 0 amide bonds. The summed E-state index contributed by atoms with van der Waals surface area (Å²) in [5, 5.41) is 0.836. The smallest absolute Gasteiger partial charge is 0.168 e. The topological polar surface area (TPSA) is 52.0 Å². The normalized spacial score (nSPS) is 11.7. The van der Waals surface area contributed by atoms with E-state index in [2.05, 4.69) is 4.98 Å². The zero-order valence-corrected chi connectivity index (χ0v) is 12.5. The maximum Gasteiger partial charge on any atom is 0.168 e. The predicted molar refractivity (Wildman–Crippen MR) is 79.1 cm³/mol. The number of thioether (sulfide) groups is 1. The number of benzene rings is 1. The molecule has 0 radical (unpaired) electrons. The van der Waals surface area contributed by atoms with Crippen LogP contribution in [0, 0.1) is 0 Å². The van der Waals surface area contributed by atoms with Gasteiger partial charge in [0.05, 0.1) is 17.6 Å². The second kappa shape index (κ2) is 5.79. The van der Waals surface area contributed by atoms with E-state index in [4.69, 9.17) is 0 Å². The maximum absolute atomic E-state index is 11.1. The highest BCUT2D eigenvalue weighted by Crippen LogP contribution is 2.24. The van der Waals surface area contributed by atoms with Gasteiger partial charge in [-0.05, 0) is 5.56 Å². The summed E-state index contributed by atoms with van der Waals surface area (Å²) in [5.74, 6) is 0.698. The monoisotopic (exact) mass is 296 g/mol. The molecule has 0 saturated heterocycles. The molecule has 2 rings (SSSR count). The van der Waals surface area contributed by atoms with E-state index < -0.39 is 9.84 Å². The van der Waals surface area contributed by atoms with Crippen LogP contribution in [0.1, 0.15) is 0 Å². The molecule has 0 aliphatic carbocycles. The minimum Gasteiger partial charge on any atom is -0.322 e. The molecule has 19 heavy (non-hydrogen) atoms. The number of nitrogens with zero attached hydrogens (tertiary/aromatic N) is 2. The minimum absolute atomic E-state index is 0.172. The average molecular weight is 296 g/mol. The van der Waals surface area contributed by atoms with Crippen LogP contribution in [0.3, 0.4) is 0 Å². The Hall–Kier alpha value is -1.27. The Bertz CT molecular complexity index is 649. The molecule has 0 spiro atoms. The lowest BCUT2D eigenvalue weighted by Crippen LogP contribution is -2.05. The van der Waals surface area contributed by atoms with E-state index in [0.717, 1.165) is 16.4 Å². The van der Waals surface area contributed by atoms with E-state index in [0.29, 0.717) is 5.75 Å². The Morgan fingerprint density at radius 3 is 2.58 bits per heavy atom. The van der Waals surface area contributed by atoms with Crippen molar-refractivity contribution in [1.82, 2.24) is 9.55 Å². The largest absolute Gasteiger partial charge is 0.322 e. The molecular formula is C13H16N2O2S2. The van der Waals surface area contributed by atoms with Crippen molar-refractivity contribution in [2.45, 2.75) is 5.16 Å². The number of rotatable bonds is 5. The van der Waals surface area contributed by atoms with Crippen LogP contribution in [-0.4, -0.2) is 35.7 Å². The second-order valence-corrected chi connectivity index (χ2v) is 7.65. The number of imidazole rings is 1. The van der Waals surface area contributed by atoms with Crippen molar-refractivity contribution in [3.63, 3.8) is 0 Å². The molecule has 0 aliphatic heterocycles. The van der Waals surface area contributed by atoms with Crippen molar-refractivity contribution in [3.05, 3.63) is 36.5 Å². The zero-order valence-electron chi connectivity index (χ0n) is 10.9. The first kappa shape index (κ1) is 14.1. The first-order valence-corrected chi connectivity index (χ1v) is 8.89. The molecular weight excluding hydrogens is 280 g/mol. The van der Waals surface area contributed by atoms with Gasteiger partial charge in [0, 0.05) is 19.1 Å². The molecule has 2 aromatic rings. The summed E-state index contributed by atoms with van der Waals surface area (Å²) in [6, 6.07) is 10.0. The fourth-order valence-corrected chi connectivity index (χ4v) is 3.83. The molecule has 0 aliphatic rings. The van der Waals surface area contributed by atoms with Gasteiger partial charge in [0.1, 0.15) is 9.84 Å². The van der Waals surface area contributed by atoms with E-state index in [1.807, 2.05) is 48.1 Å². The van der Waals surface area contributed by atoms with Gasteiger partial charge < -0.3 is 4.57 Å². The summed E-state index contributed by atoms with van der Waals surface area (Å²) in [7, 11) is -0.968. The maximum atomic E-state index is 11.1. The van der Waals surface area contributed by atoms with Gasteiger partial charge in [-0.3, -0.25) is 0 Å². The van der Waals surface area contributed by atoms with Gasteiger partial charge in [-0.15, -0.1) is 0 Å². The summed E-state index contributed by atoms with van der Waals surface area (Å²) >= 11 is 1.46. The summed E-state index contributed by atoms with van der Waals surface area (Å²) in [6.07, 6.45) is 3.07.